The molecule has 0 aromatic rings. The molecule has 0 saturated heterocycles. The van der Waals surface area contributed by atoms with Gasteiger partial charge in [-0.1, -0.05) is 41.5 Å². The van der Waals surface area contributed by atoms with Crippen molar-refractivity contribution in [1.29, 1.82) is 0 Å². The van der Waals surface area contributed by atoms with E-state index in [9.17, 15) is 4.79 Å². The molecular formula is C12H21NO. The lowest BCUT2D eigenvalue weighted by molar-refractivity contribution is -0.119. The summed E-state index contributed by atoms with van der Waals surface area (Å²) in [5, 5.41) is 2.99. The molecule has 0 aliphatic carbocycles. The number of rotatable bonds is 0. The first-order valence-electron chi connectivity index (χ1n) is 5.16. The van der Waals surface area contributed by atoms with Crippen LogP contribution in [0, 0.1) is 10.8 Å². The number of carbonyl (C=O) groups is 1. The molecule has 1 rings (SSSR count). The monoisotopic (exact) mass is 195 g/mol. The molecule has 0 saturated carbocycles. The van der Waals surface area contributed by atoms with Gasteiger partial charge in [-0.05, 0) is 11.0 Å². The second kappa shape index (κ2) is 3.11. The van der Waals surface area contributed by atoms with Crippen LogP contribution in [0.1, 0.15) is 48.0 Å². The van der Waals surface area contributed by atoms with Gasteiger partial charge in [0.1, 0.15) is 0 Å². The predicted molar refractivity (Wildman–Crippen MR) is 58.7 cm³/mol. The Hall–Kier alpha value is -0.790. The van der Waals surface area contributed by atoms with Crippen molar-refractivity contribution < 1.29 is 4.79 Å². The number of allylic oxidation sites excluding steroid dienone is 1. The molecule has 0 radical (unpaired) electrons. The highest BCUT2D eigenvalue weighted by atomic mass is 16.1. The third-order valence-electron chi connectivity index (χ3n) is 2.56. The van der Waals surface area contributed by atoms with Gasteiger partial charge in [0, 0.05) is 11.1 Å². The van der Waals surface area contributed by atoms with Crippen LogP contribution in [0.15, 0.2) is 11.3 Å². The maximum atomic E-state index is 11.4. The van der Waals surface area contributed by atoms with Gasteiger partial charge in [-0.3, -0.25) is 4.79 Å². The van der Waals surface area contributed by atoms with Crippen molar-refractivity contribution in [2.75, 3.05) is 0 Å². The minimum Gasteiger partial charge on any atom is -0.329 e. The van der Waals surface area contributed by atoms with Crippen molar-refractivity contribution in [3.63, 3.8) is 0 Å². The van der Waals surface area contributed by atoms with E-state index < -0.39 is 0 Å². The molecule has 1 aliphatic rings. The van der Waals surface area contributed by atoms with E-state index in [1.165, 1.54) is 5.57 Å². The molecule has 1 heterocycles. The van der Waals surface area contributed by atoms with Crippen LogP contribution in [-0.4, -0.2) is 5.91 Å². The Balaban J connectivity index is 3.14. The molecule has 0 aromatic carbocycles. The molecule has 14 heavy (non-hydrogen) atoms. The van der Waals surface area contributed by atoms with Crippen molar-refractivity contribution >= 4 is 5.91 Å². The van der Waals surface area contributed by atoms with Gasteiger partial charge in [0.05, 0.1) is 6.42 Å². The lowest BCUT2D eigenvalue weighted by Gasteiger charge is -2.28. The van der Waals surface area contributed by atoms with Crippen LogP contribution < -0.4 is 5.32 Å². The fourth-order valence-corrected chi connectivity index (χ4v) is 1.79. The van der Waals surface area contributed by atoms with E-state index >= 15 is 0 Å². The lowest BCUT2D eigenvalue weighted by Crippen LogP contribution is -2.25. The third-order valence-corrected chi connectivity index (χ3v) is 2.56. The fourth-order valence-electron chi connectivity index (χ4n) is 1.79. The van der Waals surface area contributed by atoms with Gasteiger partial charge in [0.2, 0.25) is 5.91 Å². The average Bonchev–Trinajstić information content (AvgIpc) is 2.27. The molecule has 80 valence electrons. The Kier molecular flexibility index (Phi) is 2.51. The van der Waals surface area contributed by atoms with Crippen LogP contribution >= 0.6 is 0 Å². The Morgan fingerprint density at radius 2 is 1.50 bits per heavy atom. The van der Waals surface area contributed by atoms with Gasteiger partial charge < -0.3 is 5.32 Å². The van der Waals surface area contributed by atoms with Gasteiger partial charge in [-0.25, -0.2) is 0 Å². The summed E-state index contributed by atoms with van der Waals surface area (Å²) in [6.45, 7) is 12.9. The number of nitrogens with one attached hydrogen (secondary N) is 1. The highest BCUT2D eigenvalue weighted by molar-refractivity contribution is 5.84. The maximum absolute atomic E-state index is 11.4. The largest absolute Gasteiger partial charge is 0.329 e. The molecule has 0 fully saturated rings. The first-order chi connectivity index (χ1) is 6.12. The van der Waals surface area contributed by atoms with E-state index in [-0.39, 0.29) is 16.7 Å². The van der Waals surface area contributed by atoms with Crippen molar-refractivity contribution in [3.8, 4) is 0 Å². The van der Waals surface area contributed by atoms with E-state index in [1.54, 1.807) is 0 Å². The summed E-state index contributed by atoms with van der Waals surface area (Å²) in [4.78, 5) is 11.4. The minimum absolute atomic E-state index is 0.0365. The van der Waals surface area contributed by atoms with E-state index in [0.29, 0.717) is 6.42 Å². The maximum Gasteiger partial charge on any atom is 0.228 e. The fraction of sp³-hybridized carbons (Fsp3) is 0.750. The summed E-state index contributed by atoms with van der Waals surface area (Å²) >= 11 is 0. The second-order valence-corrected chi connectivity index (χ2v) is 6.08. The molecular weight excluding hydrogens is 174 g/mol. The topological polar surface area (TPSA) is 29.1 Å². The molecule has 2 nitrogen and oxygen atoms in total. The summed E-state index contributed by atoms with van der Waals surface area (Å²) in [5.41, 5.74) is 2.50. The first-order valence-corrected chi connectivity index (χ1v) is 5.16. The quantitative estimate of drug-likeness (QED) is 0.632. The van der Waals surface area contributed by atoms with Crippen LogP contribution in [0.4, 0.5) is 0 Å². The van der Waals surface area contributed by atoms with E-state index in [1.807, 2.05) is 0 Å². The van der Waals surface area contributed by atoms with Crippen molar-refractivity contribution in [1.82, 2.24) is 5.32 Å². The summed E-state index contributed by atoms with van der Waals surface area (Å²) in [5.74, 6) is 0.139. The summed E-state index contributed by atoms with van der Waals surface area (Å²) in [6, 6.07) is 0. The smallest absolute Gasteiger partial charge is 0.228 e. The normalized spacial score (nSPS) is 18.9. The highest BCUT2D eigenvalue weighted by Crippen LogP contribution is 2.39. The van der Waals surface area contributed by atoms with E-state index in [4.69, 9.17) is 0 Å². The Morgan fingerprint density at radius 1 is 1.00 bits per heavy atom. The number of hydrogen-bond acceptors (Lipinski definition) is 1. The third kappa shape index (κ3) is 2.17. The predicted octanol–water partition coefficient (Wildman–Crippen LogP) is 2.85. The number of carbonyl (C=O) groups excluding carboxylic acids is 1. The Morgan fingerprint density at radius 3 is 1.79 bits per heavy atom. The van der Waals surface area contributed by atoms with Crippen LogP contribution in [-0.2, 0) is 4.79 Å². The van der Waals surface area contributed by atoms with Gasteiger partial charge in [0.25, 0.3) is 0 Å². The second-order valence-electron chi connectivity index (χ2n) is 6.08. The average molecular weight is 195 g/mol. The van der Waals surface area contributed by atoms with Gasteiger partial charge >= 0.3 is 0 Å². The molecule has 0 unspecified atom stereocenters. The van der Waals surface area contributed by atoms with Crippen molar-refractivity contribution in [2.24, 2.45) is 10.8 Å². The zero-order valence-electron chi connectivity index (χ0n) is 10.1. The molecule has 2 heteroatoms. The lowest BCUT2D eigenvalue weighted by atomic mass is 9.79. The highest BCUT2D eigenvalue weighted by Gasteiger charge is 2.34. The molecule has 1 amide bonds. The van der Waals surface area contributed by atoms with Crippen LogP contribution in [0.3, 0.4) is 0 Å². The van der Waals surface area contributed by atoms with Crippen LogP contribution in [0.2, 0.25) is 0 Å². The number of amides is 1. The molecule has 0 spiro atoms. The molecule has 1 aliphatic heterocycles. The minimum atomic E-state index is 0.0365. The van der Waals surface area contributed by atoms with E-state index in [0.717, 1.165) is 5.70 Å². The molecule has 0 atom stereocenters. The number of hydrogen-bond donors (Lipinski definition) is 1. The SMILES string of the molecule is CC(C)(C)C1=C(C(C)(C)C)NC(=O)C1. The van der Waals surface area contributed by atoms with Crippen LogP contribution in [0.25, 0.3) is 0 Å². The first kappa shape index (κ1) is 11.3. The zero-order chi connectivity index (χ0) is 11.1. The molecule has 0 aromatic heterocycles. The standard InChI is InChI=1S/C12H21NO/c1-11(2,3)8-7-9(14)13-10(8)12(4,5)6/h7H2,1-6H3,(H,13,14). The van der Waals surface area contributed by atoms with Crippen LogP contribution in [0.5, 0.6) is 0 Å². The molecule has 1 N–H and O–H groups in total. The van der Waals surface area contributed by atoms with Crippen molar-refractivity contribution in [3.05, 3.63) is 11.3 Å². The Labute approximate surface area is 86.8 Å². The van der Waals surface area contributed by atoms with Crippen molar-refractivity contribution in [2.45, 2.75) is 48.0 Å². The van der Waals surface area contributed by atoms with E-state index in [2.05, 4.69) is 46.9 Å². The van der Waals surface area contributed by atoms with Gasteiger partial charge in [0.15, 0.2) is 0 Å². The molecule has 0 bridgehead atoms. The zero-order valence-corrected chi connectivity index (χ0v) is 10.1. The van der Waals surface area contributed by atoms with Gasteiger partial charge in [-0.2, -0.15) is 0 Å². The summed E-state index contributed by atoms with van der Waals surface area (Å²) in [7, 11) is 0. The Bertz CT molecular complexity index is 258. The summed E-state index contributed by atoms with van der Waals surface area (Å²) in [6.07, 6.45) is 0.566. The van der Waals surface area contributed by atoms with Gasteiger partial charge in [-0.15, -0.1) is 0 Å². The summed E-state index contributed by atoms with van der Waals surface area (Å²) < 4.78 is 0.